The van der Waals surface area contributed by atoms with Gasteiger partial charge in [0.1, 0.15) is 18.2 Å². The summed E-state index contributed by atoms with van der Waals surface area (Å²) in [5, 5.41) is 10.3. The van der Waals surface area contributed by atoms with Crippen molar-refractivity contribution in [1.82, 2.24) is 14.7 Å². The minimum Gasteiger partial charge on any atom is -0.315 e. The molecule has 3 amide bonds. The number of anilines is 2. The van der Waals surface area contributed by atoms with Crippen LogP contribution >= 0.6 is 0 Å². The Kier molecular flexibility index (Phi) is 7.98. The van der Waals surface area contributed by atoms with Gasteiger partial charge in [-0.1, -0.05) is 56.3 Å². The van der Waals surface area contributed by atoms with Gasteiger partial charge in [-0.15, -0.1) is 0 Å². The van der Waals surface area contributed by atoms with Gasteiger partial charge < -0.3 is 15.5 Å². The second kappa shape index (κ2) is 11.5. The van der Waals surface area contributed by atoms with E-state index < -0.39 is 0 Å². The molecule has 3 aromatic carbocycles. The van der Waals surface area contributed by atoms with Gasteiger partial charge in [0, 0.05) is 23.9 Å². The summed E-state index contributed by atoms with van der Waals surface area (Å²) < 4.78 is 15.1. The Bertz CT molecular complexity index is 1350. The lowest BCUT2D eigenvalue weighted by molar-refractivity contribution is -0.116. The second-order valence-electron chi connectivity index (χ2n) is 8.94. The molecule has 190 valence electrons. The van der Waals surface area contributed by atoms with E-state index >= 15 is 0 Å². The summed E-state index contributed by atoms with van der Waals surface area (Å²) >= 11 is 0. The van der Waals surface area contributed by atoms with E-state index in [0.717, 1.165) is 5.56 Å². The van der Waals surface area contributed by atoms with Crippen LogP contribution in [0.15, 0.2) is 84.9 Å². The monoisotopic (exact) mass is 499 g/mol. The van der Waals surface area contributed by atoms with Gasteiger partial charge in [-0.25, -0.2) is 13.9 Å². The normalized spacial score (nSPS) is 10.8. The first-order valence-corrected chi connectivity index (χ1v) is 12.2. The molecule has 7 nitrogen and oxygen atoms in total. The van der Waals surface area contributed by atoms with Crippen LogP contribution in [0.1, 0.15) is 32.3 Å². The highest BCUT2D eigenvalue weighted by molar-refractivity contribution is 5.97. The molecule has 1 aromatic heterocycles. The van der Waals surface area contributed by atoms with E-state index in [1.54, 1.807) is 22.9 Å². The standard InChI is InChI=1S/C29H30FN5O2/c1-4-34(29(37)31-24-14-10-21(11-15-24)20(2)3)19-28(36)32-27-18-26(22-8-6-5-7-9-22)33-35(27)25-16-12-23(30)13-17-25/h5-18,20H,4,19H2,1-3H3,(H,31,37)(H,32,36). The van der Waals surface area contributed by atoms with E-state index in [1.807, 2.05) is 61.5 Å². The molecular weight excluding hydrogens is 469 g/mol. The number of hydrogen-bond donors (Lipinski definition) is 2. The lowest BCUT2D eigenvalue weighted by atomic mass is 10.0. The van der Waals surface area contributed by atoms with E-state index in [-0.39, 0.29) is 24.3 Å². The van der Waals surface area contributed by atoms with E-state index in [2.05, 4.69) is 29.6 Å². The molecule has 0 aliphatic rings. The van der Waals surface area contributed by atoms with Crippen LogP contribution in [0.5, 0.6) is 0 Å². The SMILES string of the molecule is CCN(CC(=O)Nc1cc(-c2ccccc2)nn1-c1ccc(F)cc1)C(=O)Nc1ccc(C(C)C)cc1. The highest BCUT2D eigenvalue weighted by Crippen LogP contribution is 2.25. The molecule has 0 saturated carbocycles. The molecule has 0 spiro atoms. The van der Waals surface area contributed by atoms with E-state index in [1.165, 1.54) is 22.6 Å². The molecule has 4 aromatic rings. The number of nitrogens with zero attached hydrogens (tertiary/aromatic N) is 3. The molecule has 37 heavy (non-hydrogen) atoms. The fourth-order valence-electron chi connectivity index (χ4n) is 3.84. The summed E-state index contributed by atoms with van der Waals surface area (Å²) in [7, 11) is 0. The second-order valence-corrected chi connectivity index (χ2v) is 8.94. The first-order valence-electron chi connectivity index (χ1n) is 12.2. The summed E-state index contributed by atoms with van der Waals surface area (Å²) in [6.07, 6.45) is 0. The van der Waals surface area contributed by atoms with E-state index in [0.29, 0.717) is 35.3 Å². The lowest BCUT2D eigenvalue weighted by Gasteiger charge is -2.21. The van der Waals surface area contributed by atoms with E-state index in [4.69, 9.17) is 0 Å². The van der Waals surface area contributed by atoms with Crippen molar-refractivity contribution in [3.05, 3.63) is 96.3 Å². The highest BCUT2D eigenvalue weighted by atomic mass is 19.1. The Morgan fingerprint density at radius 1 is 0.946 bits per heavy atom. The molecule has 0 saturated heterocycles. The fourth-order valence-corrected chi connectivity index (χ4v) is 3.84. The summed E-state index contributed by atoms with van der Waals surface area (Å²) in [6.45, 7) is 6.22. The molecule has 0 aliphatic carbocycles. The van der Waals surface area contributed by atoms with Crippen molar-refractivity contribution in [1.29, 1.82) is 0 Å². The number of halogens is 1. The largest absolute Gasteiger partial charge is 0.322 e. The number of likely N-dealkylation sites (N-methyl/N-ethyl adjacent to an activating group) is 1. The number of aromatic nitrogens is 2. The van der Waals surface area contributed by atoms with Crippen molar-refractivity contribution < 1.29 is 14.0 Å². The molecule has 0 fully saturated rings. The van der Waals surface area contributed by atoms with Gasteiger partial charge >= 0.3 is 6.03 Å². The third-order valence-electron chi connectivity index (χ3n) is 5.95. The van der Waals surface area contributed by atoms with Crippen LogP contribution < -0.4 is 10.6 Å². The maximum Gasteiger partial charge on any atom is 0.322 e. The zero-order valence-electron chi connectivity index (χ0n) is 21.1. The molecule has 0 unspecified atom stereocenters. The van der Waals surface area contributed by atoms with Gasteiger partial charge in [0.05, 0.1) is 11.4 Å². The van der Waals surface area contributed by atoms with Gasteiger partial charge in [0.25, 0.3) is 0 Å². The van der Waals surface area contributed by atoms with Crippen molar-refractivity contribution >= 4 is 23.4 Å². The van der Waals surface area contributed by atoms with Gasteiger partial charge in [-0.2, -0.15) is 5.10 Å². The summed E-state index contributed by atoms with van der Waals surface area (Å²) in [5.74, 6) is 0.0609. The number of nitrogens with one attached hydrogen (secondary N) is 2. The van der Waals surface area contributed by atoms with Crippen molar-refractivity contribution in [2.45, 2.75) is 26.7 Å². The third kappa shape index (κ3) is 6.41. The van der Waals surface area contributed by atoms with E-state index in [9.17, 15) is 14.0 Å². The Hall–Kier alpha value is -4.46. The third-order valence-corrected chi connectivity index (χ3v) is 5.95. The topological polar surface area (TPSA) is 79.3 Å². The van der Waals surface area contributed by atoms with Crippen molar-refractivity contribution in [2.24, 2.45) is 0 Å². The zero-order valence-corrected chi connectivity index (χ0v) is 21.1. The molecule has 0 atom stereocenters. The van der Waals surface area contributed by atoms with Crippen LogP contribution in [0.25, 0.3) is 16.9 Å². The van der Waals surface area contributed by atoms with Gasteiger partial charge in [0.15, 0.2) is 0 Å². The Labute approximate surface area is 215 Å². The van der Waals surface area contributed by atoms with Crippen LogP contribution in [-0.2, 0) is 4.79 Å². The first kappa shape index (κ1) is 25.6. The minimum atomic E-state index is -0.380. The number of hydrogen-bond acceptors (Lipinski definition) is 3. The maximum absolute atomic E-state index is 13.5. The Balaban J connectivity index is 1.50. The van der Waals surface area contributed by atoms with Crippen molar-refractivity contribution in [3.63, 3.8) is 0 Å². The predicted molar refractivity (Wildman–Crippen MR) is 144 cm³/mol. The maximum atomic E-state index is 13.5. The number of carbonyl (C=O) groups excluding carboxylic acids is 2. The average Bonchev–Trinajstić information content (AvgIpc) is 3.32. The number of carbonyl (C=O) groups is 2. The molecule has 0 radical (unpaired) electrons. The molecule has 4 rings (SSSR count). The quantitative estimate of drug-likeness (QED) is 0.299. The number of urea groups is 1. The zero-order chi connectivity index (χ0) is 26.4. The lowest BCUT2D eigenvalue weighted by Crippen LogP contribution is -2.40. The first-order chi connectivity index (χ1) is 17.8. The molecule has 1 heterocycles. The summed E-state index contributed by atoms with van der Waals surface area (Å²) in [4.78, 5) is 27.3. The Morgan fingerprint density at radius 3 is 2.24 bits per heavy atom. The summed E-state index contributed by atoms with van der Waals surface area (Å²) in [5.41, 5.74) is 3.95. The van der Waals surface area contributed by atoms with Crippen LogP contribution in [0.4, 0.5) is 20.7 Å². The van der Waals surface area contributed by atoms with Gasteiger partial charge in [-0.3, -0.25) is 4.79 Å². The van der Waals surface area contributed by atoms with Crippen LogP contribution in [-0.4, -0.2) is 39.7 Å². The Morgan fingerprint density at radius 2 is 1.62 bits per heavy atom. The van der Waals surface area contributed by atoms with Crippen LogP contribution in [0.2, 0.25) is 0 Å². The minimum absolute atomic E-state index is 0.151. The highest BCUT2D eigenvalue weighted by Gasteiger charge is 2.19. The number of amides is 3. The molecule has 2 N–H and O–H groups in total. The van der Waals surface area contributed by atoms with Crippen molar-refractivity contribution in [3.8, 4) is 16.9 Å². The van der Waals surface area contributed by atoms with Crippen LogP contribution in [0.3, 0.4) is 0 Å². The van der Waals surface area contributed by atoms with Gasteiger partial charge in [-0.05, 0) is 54.8 Å². The fraction of sp³-hybridized carbons (Fsp3) is 0.207. The molecule has 0 bridgehead atoms. The average molecular weight is 500 g/mol. The van der Waals surface area contributed by atoms with Gasteiger partial charge in [0.2, 0.25) is 5.91 Å². The van der Waals surface area contributed by atoms with Crippen LogP contribution in [0, 0.1) is 5.82 Å². The molecule has 0 aliphatic heterocycles. The van der Waals surface area contributed by atoms with Crippen molar-refractivity contribution in [2.75, 3.05) is 23.7 Å². The number of benzene rings is 3. The smallest absolute Gasteiger partial charge is 0.315 e. The molecule has 8 heteroatoms. The summed E-state index contributed by atoms with van der Waals surface area (Å²) in [6, 6.07) is 24.4. The number of rotatable bonds is 8. The predicted octanol–water partition coefficient (Wildman–Crippen LogP) is 6.29. The molecular formula is C29H30FN5O2.